The van der Waals surface area contributed by atoms with Crippen molar-refractivity contribution in [3.8, 4) is 22.6 Å². The van der Waals surface area contributed by atoms with Crippen LogP contribution in [0.5, 0.6) is 11.5 Å². The summed E-state index contributed by atoms with van der Waals surface area (Å²) in [6, 6.07) is 19.8. The predicted octanol–water partition coefficient (Wildman–Crippen LogP) is 6.79. The Labute approximate surface area is 189 Å². The van der Waals surface area contributed by atoms with Gasteiger partial charge in [0.2, 0.25) is 0 Å². The molecule has 31 heavy (non-hydrogen) atoms. The minimum atomic E-state index is 0. The van der Waals surface area contributed by atoms with Crippen LogP contribution in [0.3, 0.4) is 0 Å². The van der Waals surface area contributed by atoms with Crippen LogP contribution in [0, 0.1) is 0 Å². The summed E-state index contributed by atoms with van der Waals surface area (Å²) in [5.74, 6) is 1.97. The molecule has 0 amide bonds. The third-order valence-corrected chi connectivity index (χ3v) is 6.27. The van der Waals surface area contributed by atoms with Gasteiger partial charge in [-0.05, 0) is 63.7 Å². The van der Waals surface area contributed by atoms with Gasteiger partial charge in [-0.15, -0.1) is 12.4 Å². The van der Waals surface area contributed by atoms with E-state index in [9.17, 15) is 0 Å². The second-order valence-electron chi connectivity index (χ2n) is 7.87. The largest absolute Gasteiger partial charge is 0.493 e. The van der Waals surface area contributed by atoms with Crippen LogP contribution >= 0.6 is 12.4 Å². The molecule has 1 heterocycles. The van der Waals surface area contributed by atoms with Crippen molar-refractivity contribution in [2.24, 2.45) is 0 Å². The highest BCUT2D eigenvalue weighted by Gasteiger charge is 2.27. The number of rotatable bonds is 5. The van der Waals surface area contributed by atoms with E-state index in [1.807, 2.05) is 18.5 Å². The molecule has 0 bridgehead atoms. The van der Waals surface area contributed by atoms with Crippen LogP contribution in [0.25, 0.3) is 21.9 Å². The topological polar surface area (TPSA) is 31.4 Å². The first-order valence-corrected chi connectivity index (χ1v) is 10.4. The molecule has 1 aliphatic rings. The van der Waals surface area contributed by atoms with Crippen molar-refractivity contribution in [3.05, 3.63) is 89.2 Å². The normalized spacial score (nSPS) is 14.0. The molecule has 158 valence electrons. The van der Waals surface area contributed by atoms with Gasteiger partial charge in [0.1, 0.15) is 0 Å². The van der Waals surface area contributed by atoms with Crippen molar-refractivity contribution in [1.82, 2.24) is 4.98 Å². The van der Waals surface area contributed by atoms with E-state index in [4.69, 9.17) is 9.47 Å². The molecule has 5 rings (SSSR count). The molecule has 0 fully saturated rings. The number of ether oxygens (including phenoxy) is 2. The van der Waals surface area contributed by atoms with Gasteiger partial charge in [0.15, 0.2) is 11.5 Å². The molecule has 0 N–H and O–H groups in total. The van der Waals surface area contributed by atoms with Gasteiger partial charge in [0, 0.05) is 23.7 Å². The van der Waals surface area contributed by atoms with Crippen molar-refractivity contribution < 1.29 is 9.47 Å². The predicted molar refractivity (Wildman–Crippen MR) is 129 cm³/mol. The molecule has 0 spiro atoms. The lowest BCUT2D eigenvalue weighted by molar-refractivity contribution is 0.356. The van der Waals surface area contributed by atoms with Crippen molar-refractivity contribution in [2.45, 2.75) is 25.7 Å². The standard InChI is InChI=1S/C27H25NO2.ClH/c1-4-20-21-7-5-6-8-22(21)25-12-17(9-10-23(20)25)11-18-15-28-16-19-13-26(29-2)27(30-3)14-24(18)19;/h5-10,12-16,20H,4,11H2,1-3H3;1H. The Morgan fingerprint density at radius 3 is 2.35 bits per heavy atom. The first kappa shape index (κ1) is 21.2. The van der Waals surface area contributed by atoms with Gasteiger partial charge in [-0.1, -0.05) is 49.4 Å². The number of pyridine rings is 1. The highest BCUT2D eigenvalue weighted by atomic mass is 35.5. The Balaban J connectivity index is 0.00000231. The van der Waals surface area contributed by atoms with Crippen LogP contribution in [0.15, 0.2) is 67.0 Å². The zero-order valence-corrected chi connectivity index (χ0v) is 18.8. The molecular weight excluding hydrogens is 406 g/mol. The van der Waals surface area contributed by atoms with Crippen LogP contribution in [0.2, 0.25) is 0 Å². The average molecular weight is 432 g/mol. The molecule has 4 aromatic rings. The number of nitrogens with zero attached hydrogens (tertiary/aromatic N) is 1. The molecule has 0 radical (unpaired) electrons. The summed E-state index contributed by atoms with van der Waals surface area (Å²) in [4.78, 5) is 4.48. The molecule has 3 nitrogen and oxygen atoms in total. The summed E-state index contributed by atoms with van der Waals surface area (Å²) in [6.45, 7) is 2.27. The van der Waals surface area contributed by atoms with Crippen LogP contribution in [0.1, 0.15) is 41.5 Å². The second kappa shape index (κ2) is 8.60. The lowest BCUT2D eigenvalue weighted by Gasteiger charge is -2.13. The fourth-order valence-corrected chi connectivity index (χ4v) is 4.82. The van der Waals surface area contributed by atoms with E-state index in [-0.39, 0.29) is 12.4 Å². The lowest BCUT2D eigenvalue weighted by Crippen LogP contribution is -1.96. The molecule has 0 saturated heterocycles. The minimum absolute atomic E-state index is 0. The number of hydrogen-bond donors (Lipinski definition) is 0. The number of hydrogen-bond acceptors (Lipinski definition) is 3. The lowest BCUT2D eigenvalue weighted by atomic mass is 9.93. The van der Waals surface area contributed by atoms with E-state index in [0.29, 0.717) is 5.92 Å². The van der Waals surface area contributed by atoms with Crippen molar-refractivity contribution in [3.63, 3.8) is 0 Å². The first-order valence-electron chi connectivity index (χ1n) is 10.4. The minimum Gasteiger partial charge on any atom is -0.493 e. The summed E-state index contributed by atoms with van der Waals surface area (Å²) < 4.78 is 11.0. The van der Waals surface area contributed by atoms with Crippen molar-refractivity contribution >= 4 is 23.2 Å². The van der Waals surface area contributed by atoms with Gasteiger partial charge in [-0.25, -0.2) is 0 Å². The van der Waals surface area contributed by atoms with E-state index in [2.05, 4.69) is 60.4 Å². The Bertz CT molecular complexity index is 1250. The molecule has 1 unspecified atom stereocenters. The highest BCUT2D eigenvalue weighted by molar-refractivity contribution is 5.88. The molecular formula is C27H26ClNO2. The van der Waals surface area contributed by atoms with E-state index in [1.165, 1.54) is 33.4 Å². The molecule has 1 atom stereocenters. The number of fused-ring (bicyclic) bond motifs is 4. The molecule has 0 saturated carbocycles. The number of benzene rings is 3. The Hall–Kier alpha value is -3.04. The molecule has 3 aromatic carbocycles. The van der Waals surface area contributed by atoms with Crippen LogP contribution in [0.4, 0.5) is 0 Å². The maximum Gasteiger partial charge on any atom is 0.161 e. The maximum absolute atomic E-state index is 5.53. The van der Waals surface area contributed by atoms with E-state index in [1.54, 1.807) is 14.2 Å². The number of halogens is 1. The Morgan fingerprint density at radius 2 is 1.58 bits per heavy atom. The summed E-state index contributed by atoms with van der Waals surface area (Å²) in [7, 11) is 3.33. The number of aromatic nitrogens is 1. The van der Waals surface area contributed by atoms with Crippen LogP contribution < -0.4 is 9.47 Å². The van der Waals surface area contributed by atoms with Crippen LogP contribution in [-0.4, -0.2) is 19.2 Å². The maximum atomic E-state index is 5.53. The molecule has 0 aliphatic heterocycles. The number of methoxy groups -OCH3 is 2. The SMILES string of the molecule is CCC1c2ccccc2-c2cc(Cc3cncc4cc(OC)c(OC)cc34)ccc21.Cl. The van der Waals surface area contributed by atoms with E-state index < -0.39 is 0 Å². The van der Waals surface area contributed by atoms with Crippen molar-refractivity contribution in [1.29, 1.82) is 0 Å². The zero-order chi connectivity index (χ0) is 20.7. The summed E-state index contributed by atoms with van der Waals surface area (Å²) in [6.07, 6.45) is 5.79. The highest BCUT2D eigenvalue weighted by Crippen LogP contribution is 2.46. The van der Waals surface area contributed by atoms with Crippen LogP contribution in [-0.2, 0) is 6.42 Å². The van der Waals surface area contributed by atoms with Gasteiger partial charge in [-0.3, -0.25) is 4.98 Å². The van der Waals surface area contributed by atoms with Gasteiger partial charge in [0.25, 0.3) is 0 Å². The van der Waals surface area contributed by atoms with E-state index >= 15 is 0 Å². The third-order valence-electron chi connectivity index (χ3n) is 6.27. The van der Waals surface area contributed by atoms with Gasteiger partial charge < -0.3 is 9.47 Å². The monoisotopic (exact) mass is 431 g/mol. The quantitative estimate of drug-likeness (QED) is 0.348. The van der Waals surface area contributed by atoms with Gasteiger partial charge in [-0.2, -0.15) is 0 Å². The molecule has 1 aromatic heterocycles. The molecule has 4 heteroatoms. The second-order valence-corrected chi connectivity index (χ2v) is 7.87. The first-order chi connectivity index (χ1) is 14.7. The smallest absolute Gasteiger partial charge is 0.161 e. The zero-order valence-electron chi connectivity index (χ0n) is 18.0. The van der Waals surface area contributed by atoms with Gasteiger partial charge in [0.05, 0.1) is 14.2 Å². The fourth-order valence-electron chi connectivity index (χ4n) is 4.82. The van der Waals surface area contributed by atoms with E-state index in [0.717, 1.165) is 35.1 Å². The Kier molecular flexibility index (Phi) is 5.88. The Morgan fingerprint density at radius 1 is 0.839 bits per heavy atom. The average Bonchev–Trinajstić information content (AvgIpc) is 3.11. The fraction of sp³-hybridized carbons (Fsp3) is 0.222. The summed E-state index contributed by atoms with van der Waals surface area (Å²) in [5, 5.41) is 2.21. The molecule has 1 aliphatic carbocycles. The van der Waals surface area contributed by atoms with Crippen molar-refractivity contribution in [2.75, 3.05) is 14.2 Å². The summed E-state index contributed by atoms with van der Waals surface area (Å²) in [5.41, 5.74) is 8.14. The summed E-state index contributed by atoms with van der Waals surface area (Å²) >= 11 is 0. The third kappa shape index (κ3) is 3.53. The van der Waals surface area contributed by atoms with Gasteiger partial charge >= 0.3 is 0 Å².